The predicted octanol–water partition coefficient (Wildman–Crippen LogP) is 2.15. The molecule has 1 atom stereocenters. The molecule has 0 aromatic heterocycles. The maximum atomic E-state index is 12.4. The van der Waals surface area contributed by atoms with Crippen LogP contribution in [0.2, 0.25) is 0 Å². The fraction of sp³-hybridized carbons (Fsp3) is 0.588. The van der Waals surface area contributed by atoms with E-state index in [-0.39, 0.29) is 17.9 Å². The van der Waals surface area contributed by atoms with Crippen LogP contribution in [0.5, 0.6) is 0 Å². The molecule has 1 saturated heterocycles. The van der Waals surface area contributed by atoms with Crippen LogP contribution in [0.1, 0.15) is 42.5 Å². The molecule has 0 aliphatic carbocycles. The molecular weight excluding hydrogens is 312 g/mol. The Morgan fingerprint density at radius 3 is 2.35 bits per heavy atom. The van der Waals surface area contributed by atoms with Crippen molar-refractivity contribution < 1.29 is 13.2 Å². The normalized spacial score (nSPS) is 18.6. The van der Waals surface area contributed by atoms with Crippen molar-refractivity contribution >= 4 is 15.9 Å². The van der Waals surface area contributed by atoms with Crippen molar-refractivity contribution in [2.24, 2.45) is 5.92 Å². The van der Waals surface area contributed by atoms with Crippen LogP contribution in [0.3, 0.4) is 0 Å². The van der Waals surface area contributed by atoms with Crippen molar-refractivity contribution in [2.45, 2.75) is 39.7 Å². The van der Waals surface area contributed by atoms with Crippen LogP contribution in [-0.4, -0.2) is 38.0 Å². The lowest BCUT2D eigenvalue weighted by atomic mass is 9.96. The summed E-state index contributed by atoms with van der Waals surface area (Å²) in [7, 11) is -3.15. The van der Waals surface area contributed by atoms with Crippen molar-refractivity contribution in [1.29, 1.82) is 0 Å². The van der Waals surface area contributed by atoms with Gasteiger partial charge in [0.15, 0.2) is 0 Å². The van der Waals surface area contributed by atoms with Gasteiger partial charge in [-0.25, -0.2) is 12.7 Å². The molecule has 6 heteroatoms. The first kappa shape index (κ1) is 17.9. The minimum Gasteiger partial charge on any atom is -0.349 e. The number of nitrogens with one attached hydrogen (secondary N) is 1. The highest BCUT2D eigenvalue weighted by Gasteiger charge is 2.29. The van der Waals surface area contributed by atoms with Gasteiger partial charge in [0.2, 0.25) is 15.9 Å². The maximum Gasteiger partial charge on any atom is 0.223 e. The summed E-state index contributed by atoms with van der Waals surface area (Å²) in [6.07, 6.45) is 2.38. The van der Waals surface area contributed by atoms with Crippen molar-refractivity contribution in [3.63, 3.8) is 0 Å². The fourth-order valence-electron chi connectivity index (χ4n) is 2.90. The van der Waals surface area contributed by atoms with Gasteiger partial charge < -0.3 is 5.32 Å². The SMILES string of the molecule is Cc1ccc([C@H](C)NC(=O)C2CCN(S(C)(=O)=O)CC2)cc1C. The summed E-state index contributed by atoms with van der Waals surface area (Å²) in [5.74, 6) is -0.0918. The second kappa shape index (κ2) is 7.01. The Bertz CT molecular complexity index is 677. The lowest BCUT2D eigenvalue weighted by Gasteiger charge is -2.30. The minimum atomic E-state index is -3.15. The number of hydrogen-bond acceptors (Lipinski definition) is 3. The number of piperidine rings is 1. The summed E-state index contributed by atoms with van der Waals surface area (Å²) in [5, 5.41) is 3.06. The van der Waals surface area contributed by atoms with E-state index in [1.54, 1.807) is 0 Å². The standard InChI is InChI=1S/C17H26N2O3S/c1-12-5-6-16(11-13(12)2)14(3)18-17(20)15-7-9-19(10-8-15)23(4,21)22/h5-6,11,14-15H,7-10H2,1-4H3,(H,18,20)/t14-/m0/s1. The number of hydrogen-bond donors (Lipinski definition) is 1. The third-order valence-corrected chi connectivity index (χ3v) is 5.99. The Labute approximate surface area is 139 Å². The molecule has 0 spiro atoms. The van der Waals surface area contributed by atoms with Gasteiger partial charge >= 0.3 is 0 Å². The van der Waals surface area contributed by atoms with E-state index in [0.29, 0.717) is 25.9 Å². The molecule has 1 heterocycles. The molecule has 2 rings (SSSR count). The average Bonchev–Trinajstić information content (AvgIpc) is 2.49. The Hall–Kier alpha value is -1.40. The molecule has 5 nitrogen and oxygen atoms in total. The van der Waals surface area contributed by atoms with Crippen LogP contribution >= 0.6 is 0 Å². The van der Waals surface area contributed by atoms with Crippen molar-refractivity contribution in [2.75, 3.05) is 19.3 Å². The van der Waals surface area contributed by atoms with Gasteiger partial charge in [-0.3, -0.25) is 4.79 Å². The van der Waals surface area contributed by atoms with Gasteiger partial charge in [0.25, 0.3) is 0 Å². The smallest absolute Gasteiger partial charge is 0.223 e. The summed E-state index contributed by atoms with van der Waals surface area (Å²) >= 11 is 0. The molecule has 1 aliphatic rings. The molecule has 1 amide bonds. The second-order valence-corrected chi connectivity index (χ2v) is 8.49. The molecular formula is C17H26N2O3S. The van der Waals surface area contributed by atoms with Crippen molar-refractivity contribution in [3.05, 3.63) is 34.9 Å². The van der Waals surface area contributed by atoms with Gasteiger partial charge in [0.1, 0.15) is 0 Å². The number of amides is 1. The second-order valence-electron chi connectivity index (χ2n) is 6.51. The van der Waals surface area contributed by atoms with E-state index in [2.05, 4.69) is 31.3 Å². The first-order valence-electron chi connectivity index (χ1n) is 8.01. The van der Waals surface area contributed by atoms with E-state index in [9.17, 15) is 13.2 Å². The molecule has 1 aromatic carbocycles. The topological polar surface area (TPSA) is 66.5 Å². The van der Waals surface area contributed by atoms with E-state index >= 15 is 0 Å². The molecule has 0 unspecified atom stereocenters. The third kappa shape index (κ3) is 4.54. The van der Waals surface area contributed by atoms with Gasteiger partial charge in [0, 0.05) is 19.0 Å². The molecule has 1 aliphatic heterocycles. The van der Waals surface area contributed by atoms with E-state index in [1.165, 1.54) is 21.7 Å². The van der Waals surface area contributed by atoms with Crippen LogP contribution in [-0.2, 0) is 14.8 Å². The molecule has 0 radical (unpaired) electrons. The highest BCUT2D eigenvalue weighted by atomic mass is 32.2. The molecule has 0 bridgehead atoms. The van der Waals surface area contributed by atoms with Crippen molar-refractivity contribution in [3.8, 4) is 0 Å². The number of carbonyl (C=O) groups excluding carboxylic acids is 1. The maximum absolute atomic E-state index is 12.4. The fourth-order valence-corrected chi connectivity index (χ4v) is 3.77. The van der Waals surface area contributed by atoms with Crippen LogP contribution in [0, 0.1) is 19.8 Å². The van der Waals surface area contributed by atoms with Gasteiger partial charge in [-0.15, -0.1) is 0 Å². The molecule has 128 valence electrons. The van der Waals surface area contributed by atoms with Gasteiger partial charge in [-0.05, 0) is 50.3 Å². The molecule has 0 saturated carbocycles. The van der Waals surface area contributed by atoms with E-state index in [1.807, 2.05) is 13.0 Å². The number of carbonyl (C=O) groups is 1. The third-order valence-electron chi connectivity index (χ3n) is 4.68. The lowest BCUT2D eigenvalue weighted by Crippen LogP contribution is -2.43. The Morgan fingerprint density at radius 1 is 1.22 bits per heavy atom. The number of benzene rings is 1. The van der Waals surface area contributed by atoms with E-state index in [0.717, 1.165) is 5.56 Å². The molecule has 1 aromatic rings. The van der Waals surface area contributed by atoms with Gasteiger partial charge in [-0.1, -0.05) is 18.2 Å². The molecule has 1 N–H and O–H groups in total. The summed E-state index contributed by atoms with van der Waals surface area (Å²) in [6.45, 7) is 6.96. The van der Waals surface area contributed by atoms with Crippen LogP contribution in [0.15, 0.2) is 18.2 Å². The number of nitrogens with zero attached hydrogens (tertiary/aromatic N) is 1. The van der Waals surface area contributed by atoms with E-state index < -0.39 is 10.0 Å². The van der Waals surface area contributed by atoms with Crippen molar-refractivity contribution in [1.82, 2.24) is 9.62 Å². The number of aryl methyl sites for hydroxylation is 2. The van der Waals surface area contributed by atoms with Gasteiger partial charge in [-0.2, -0.15) is 0 Å². The zero-order valence-electron chi connectivity index (χ0n) is 14.3. The Balaban J connectivity index is 1.93. The summed E-state index contributed by atoms with van der Waals surface area (Å²) < 4.78 is 24.5. The Kier molecular flexibility index (Phi) is 5.47. The van der Waals surface area contributed by atoms with Crippen LogP contribution in [0.4, 0.5) is 0 Å². The molecule has 23 heavy (non-hydrogen) atoms. The first-order valence-corrected chi connectivity index (χ1v) is 9.86. The number of sulfonamides is 1. The van der Waals surface area contributed by atoms with Crippen LogP contribution in [0.25, 0.3) is 0 Å². The zero-order valence-corrected chi connectivity index (χ0v) is 15.1. The summed E-state index contributed by atoms with van der Waals surface area (Å²) in [4.78, 5) is 12.4. The zero-order chi connectivity index (χ0) is 17.2. The summed E-state index contributed by atoms with van der Waals surface area (Å²) in [6, 6.07) is 6.17. The van der Waals surface area contributed by atoms with Crippen LogP contribution < -0.4 is 5.32 Å². The number of rotatable bonds is 4. The minimum absolute atomic E-state index is 0.0175. The monoisotopic (exact) mass is 338 g/mol. The highest BCUT2D eigenvalue weighted by Crippen LogP contribution is 2.22. The highest BCUT2D eigenvalue weighted by molar-refractivity contribution is 7.88. The first-order chi connectivity index (χ1) is 10.7. The molecule has 1 fully saturated rings. The largest absolute Gasteiger partial charge is 0.349 e. The quantitative estimate of drug-likeness (QED) is 0.915. The van der Waals surface area contributed by atoms with E-state index in [4.69, 9.17) is 0 Å². The summed E-state index contributed by atoms with van der Waals surface area (Å²) in [5.41, 5.74) is 3.54. The predicted molar refractivity (Wildman–Crippen MR) is 91.6 cm³/mol. The van der Waals surface area contributed by atoms with Gasteiger partial charge in [0.05, 0.1) is 12.3 Å². The lowest BCUT2D eigenvalue weighted by molar-refractivity contribution is -0.126. The average molecular weight is 338 g/mol. The Morgan fingerprint density at radius 2 is 1.83 bits per heavy atom.